The number of hydrogen-bond acceptors (Lipinski definition) is 4. The zero-order valence-electron chi connectivity index (χ0n) is 11.1. The molecule has 1 rings (SSSR count). The van der Waals surface area contributed by atoms with Crippen molar-refractivity contribution in [1.29, 1.82) is 0 Å². The molecule has 0 spiro atoms. The van der Waals surface area contributed by atoms with Crippen LogP contribution in [0.15, 0.2) is 29.4 Å². The molecule has 0 aliphatic carbocycles. The summed E-state index contributed by atoms with van der Waals surface area (Å²) >= 11 is 1.43. The zero-order valence-corrected chi connectivity index (χ0v) is 11.9. The third-order valence-electron chi connectivity index (χ3n) is 2.68. The van der Waals surface area contributed by atoms with E-state index in [4.69, 9.17) is 5.11 Å². The van der Waals surface area contributed by atoms with E-state index >= 15 is 0 Å². The van der Waals surface area contributed by atoms with Gasteiger partial charge in [-0.15, -0.1) is 11.8 Å². The van der Waals surface area contributed by atoms with Gasteiger partial charge in [0, 0.05) is 29.9 Å². The van der Waals surface area contributed by atoms with Gasteiger partial charge in [-0.05, 0) is 26.0 Å². The molecule has 1 unspecified atom stereocenters. The van der Waals surface area contributed by atoms with Crippen LogP contribution in [0.3, 0.4) is 0 Å². The first kappa shape index (κ1) is 15.5. The van der Waals surface area contributed by atoms with Crippen LogP contribution in [0.1, 0.15) is 20.3 Å². The highest BCUT2D eigenvalue weighted by molar-refractivity contribution is 8.00. The fourth-order valence-corrected chi connectivity index (χ4v) is 2.53. The third kappa shape index (κ3) is 5.30. The van der Waals surface area contributed by atoms with Crippen molar-refractivity contribution in [3.8, 4) is 0 Å². The lowest BCUT2D eigenvalue weighted by molar-refractivity contribution is -0.139. The van der Waals surface area contributed by atoms with E-state index in [1.807, 2.05) is 19.1 Å². The number of hydrogen-bond donors (Lipinski definition) is 1. The Morgan fingerprint density at radius 3 is 2.58 bits per heavy atom. The number of aliphatic carboxylic acids is 1. The average molecular weight is 282 g/mol. The molecule has 6 heteroatoms. The standard InChI is InChI=1S/C13H18N2O3S/c1-3-15(10(2)8-13(17)18)12(16)9-19-11-4-6-14-7-5-11/h4-7,10H,3,8-9H2,1-2H3,(H,17,18). The molecule has 0 aromatic carbocycles. The summed E-state index contributed by atoms with van der Waals surface area (Å²) in [5.74, 6) is -0.624. The van der Waals surface area contributed by atoms with Crippen LogP contribution in [0.2, 0.25) is 0 Å². The van der Waals surface area contributed by atoms with Crippen LogP contribution in [0, 0.1) is 0 Å². The van der Waals surface area contributed by atoms with Gasteiger partial charge in [-0.2, -0.15) is 0 Å². The van der Waals surface area contributed by atoms with Gasteiger partial charge in [0.15, 0.2) is 0 Å². The van der Waals surface area contributed by atoms with Crippen LogP contribution in [-0.2, 0) is 9.59 Å². The van der Waals surface area contributed by atoms with Crippen LogP contribution in [0.25, 0.3) is 0 Å². The van der Waals surface area contributed by atoms with E-state index in [0.29, 0.717) is 12.3 Å². The molecular formula is C13H18N2O3S. The molecule has 0 aliphatic heterocycles. The predicted octanol–water partition coefficient (Wildman–Crippen LogP) is 1.89. The number of amides is 1. The van der Waals surface area contributed by atoms with E-state index in [1.54, 1.807) is 24.2 Å². The van der Waals surface area contributed by atoms with Gasteiger partial charge in [0.1, 0.15) is 0 Å². The smallest absolute Gasteiger partial charge is 0.305 e. The highest BCUT2D eigenvalue weighted by atomic mass is 32.2. The molecule has 0 radical (unpaired) electrons. The summed E-state index contributed by atoms with van der Waals surface area (Å²) in [6.07, 6.45) is 3.33. The Morgan fingerprint density at radius 2 is 2.05 bits per heavy atom. The quantitative estimate of drug-likeness (QED) is 0.773. The Labute approximate surface area is 117 Å². The van der Waals surface area contributed by atoms with Crippen molar-refractivity contribution in [2.75, 3.05) is 12.3 Å². The molecule has 0 fully saturated rings. The molecule has 1 amide bonds. The van der Waals surface area contributed by atoms with Crippen molar-refractivity contribution in [3.63, 3.8) is 0 Å². The lowest BCUT2D eigenvalue weighted by atomic mass is 10.2. The third-order valence-corrected chi connectivity index (χ3v) is 3.67. The van der Waals surface area contributed by atoms with Gasteiger partial charge < -0.3 is 10.0 Å². The molecule has 1 aromatic heterocycles. The molecule has 1 heterocycles. The van der Waals surface area contributed by atoms with Gasteiger partial charge in [-0.25, -0.2) is 0 Å². The number of carbonyl (C=O) groups excluding carboxylic acids is 1. The van der Waals surface area contributed by atoms with Gasteiger partial charge >= 0.3 is 5.97 Å². The minimum Gasteiger partial charge on any atom is -0.481 e. The van der Waals surface area contributed by atoms with Crippen LogP contribution in [-0.4, -0.2) is 45.2 Å². The summed E-state index contributed by atoms with van der Waals surface area (Å²) in [7, 11) is 0. The van der Waals surface area contributed by atoms with Crippen molar-refractivity contribution in [1.82, 2.24) is 9.88 Å². The second-order valence-electron chi connectivity index (χ2n) is 4.10. The monoisotopic (exact) mass is 282 g/mol. The number of pyridine rings is 1. The molecule has 104 valence electrons. The van der Waals surface area contributed by atoms with Crippen LogP contribution in [0.4, 0.5) is 0 Å². The number of rotatable bonds is 7. The SMILES string of the molecule is CCN(C(=O)CSc1ccncc1)C(C)CC(=O)O. The van der Waals surface area contributed by atoms with Gasteiger partial charge in [0.2, 0.25) is 5.91 Å². The Balaban J connectivity index is 2.52. The lowest BCUT2D eigenvalue weighted by Crippen LogP contribution is -2.40. The lowest BCUT2D eigenvalue weighted by Gasteiger charge is -2.26. The molecule has 0 saturated carbocycles. The van der Waals surface area contributed by atoms with Crippen molar-refractivity contribution in [3.05, 3.63) is 24.5 Å². The second kappa shape index (κ2) is 7.78. The number of nitrogens with zero attached hydrogens (tertiary/aromatic N) is 2. The first-order valence-corrected chi connectivity index (χ1v) is 7.07. The van der Waals surface area contributed by atoms with E-state index < -0.39 is 5.97 Å². The highest BCUT2D eigenvalue weighted by Gasteiger charge is 2.20. The summed E-state index contributed by atoms with van der Waals surface area (Å²) in [5.41, 5.74) is 0. The van der Waals surface area contributed by atoms with Crippen molar-refractivity contribution < 1.29 is 14.7 Å². The van der Waals surface area contributed by atoms with Crippen molar-refractivity contribution in [2.24, 2.45) is 0 Å². The van der Waals surface area contributed by atoms with Gasteiger partial charge in [-0.1, -0.05) is 0 Å². The molecule has 1 atom stereocenters. The van der Waals surface area contributed by atoms with E-state index in [9.17, 15) is 9.59 Å². The first-order valence-electron chi connectivity index (χ1n) is 6.08. The highest BCUT2D eigenvalue weighted by Crippen LogP contribution is 2.17. The minimum atomic E-state index is -0.888. The Hall–Kier alpha value is -1.56. The molecule has 5 nitrogen and oxygen atoms in total. The van der Waals surface area contributed by atoms with E-state index in [2.05, 4.69) is 4.98 Å². The van der Waals surface area contributed by atoms with E-state index in [-0.39, 0.29) is 18.4 Å². The summed E-state index contributed by atoms with van der Waals surface area (Å²) in [6.45, 7) is 4.13. The maximum Gasteiger partial charge on any atom is 0.305 e. The maximum absolute atomic E-state index is 12.1. The maximum atomic E-state index is 12.1. The largest absolute Gasteiger partial charge is 0.481 e. The number of carboxylic acid groups (broad SMARTS) is 1. The number of aromatic nitrogens is 1. The number of carbonyl (C=O) groups is 2. The van der Waals surface area contributed by atoms with Gasteiger partial charge in [-0.3, -0.25) is 14.6 Å². The molecular weight excluding hydrogens is 264 g/mol. The predicted molar refractivity (Wildman–Crippen MR) is 74.1 cm³/mol. The van der Waals surface area contributed by atoms with Crippen molar-refractivity contribution >= 4 is 23.6 Å². The zero-order chi connectivity index (χ0) is 14.3. The summed E-state index contributed by atoms with van der Waals surface area (Å²) in [5, 5.41) is 8.77. The normalized spacial score (nSPS) is 11.9. The Bertz CT molecular complexity index is 425. The topological polar surface area (TPSA) is 70.5 Å². The molecule has 1 N–H and O–H groups in total. The summed E-state index contributed by atoms with van der Waals surface area (Å²) in [4.78, 5) is 29.2. The van der Waals surface area contributed by atoms with Crippen LogP contribution in [0.5, 0.6) is 0 Å². The van der Waals surface area contributed by atoms with Gasteiger partial charge in [0.05, 0.1) is 12.2 Å². The summed E-state index contributed by atoms with van der Waals surface area (Å²) < 4.78 is 0. The van der Waals surface area contributed by atoms with Crippen LogP contribution < -0.4 is 0 Å². The van der Waals surface area contributed by atoms with E-state index in [1.165, 1.54) is 11.8 Å². The minimum absolute atomic E-state index is 0.0283. The molecule has 1 aromatic rings. The fraction of sp³-hybridized carbons (Fsp3) is 0.462. The Morgan fingerprint density at radius 1 is 1.42 bits per heavy atom. The second-order valence-corrected chi connectivity index (χ2v) is 5.15. The fourth-order valence-electron chi connectivity index (χ4n) is 1.76. The summed E-state index contributed by atoms with van der Waals surface area (Å²) in [6, 6.07) is 3.40. The molecule has 19 heavy (non-hydrogen) atoms. The molecule has 0 saturated heterocycles. The molecule has 0 aliphatic rings. The first-order chi connectivity index (χ1) is 9.04. The van der Waals surface area contributed by atoms with Crippen molar-refractivity contribution in [2.45, 2.75) is 31.2 Å². The molecule has 0 bridgehead atoms. The Kier molecular flexibility index (Phi) is 6.35. The van der Waals surface area contributed by atoms with E-state index in [0.717, 1.165) is 4.90 Å². The van der Waals surface area contributed by atoms with Gasteiger partial charge in [0.25, 0.3) is 0 Å². The number of carboxylic acids is 1. The average Bonchev–Trinajstić information content (AvgIpc) is 2.37. The number of thioether (sulfide) groups is 1. The van der Waals surface area contributed by atoms with Crippen LogP contribution >= 0.6 is 11.8 Å².